The van der Waals surface area contributed by atoms with E-state index >= 15 is 0 Å². The monoisotopic (exact) mass is 265 g/mol. The number of rotatable bonds is 6. The van der Waals surface area contributed by atoms with E-state index in [-0.39, 0.29) is 5.54 Å². The Morgan fingerprint density at radius 1 is 1.21 bits per heavy atom. The van der Waals surface area contributed by atoms with Crippen LogP contribution in [0.25, 0.3) is 0 Å². The molecule has 3 nitrogen and oxygen atoms in total. The first-order valence-corrected chi connectivity index (χ1v) is 7.45. The van der Waals surface area contributed by atoms with E-state index in [4.69, 9.17) is 0 Å². The van der Waals surface area contributed by atoms with Crippen LogP contribution in [-0.4, -0.2) is 15.1 Å². The van der Waals surface area contributed by atoms with Crippen LogP contribution in [0, 0.1) is 12.3 Å². The van der Waals surface area contributed by atoms with E-state index in [0.29, 0.717) is 5.41 Å². The highest BCUT2D eigenvalue weighted by Crippen LogP contribution is 2.29. The highest BCUT2D eigenvalue weighted by Gasteiger charge is 2.26. The van der Waals surface area contributed by atoms with Gasteiger partial charge in [0, 0.05) is 18.3 Å². The van der Waals surface area contributed by atoms with Crippen LogP contribution in [-0.2, 0) is 6.54 Å². The molecule has 19 heavy (non-hydrogen) atoms. The smallest absolute Gasteiger partial charge is 0.203 e. The fourth-order valence-corrected chi connectivity index (χ4v) is 2.82. The summed E-state index contributed by atoms with van der Waals surface area (Å²) in [5.74, 6) is 1.01. The lowest BCUT2D eigenvalue weighted by atomic mass is 9.82. The lowest BCUT2D eigenvalue weighted by Gasteiger charge is -2.33. The summed E-state index contributed by atoms with van der Waals surface area (Å²) in [4.78, 5) is 4.63. The fraction of sp³-hybridized carbons (Fsp3) is 0.812. The van der Waals surface area contributed by atoms with Crippen LogP contribution in [0.3, 0.4) is 0 Å². The topological polar surface area (TPSA) is 29.9 Å². The van der Waals surface area contributed by atoms with Gasteiger partial charge in [-0.25, -0.2) is 4.98 Å². The van der Waals surface area contributed by atoms with E-state index in [1.54, 1.807) is 0 Å². The number of anilines is 1. The Labute approximate surface area is 118 Å². The van der Waals surface area contributed by atoms with Crippen LogP contribution in [0.5, 0.6) is 0 Å². The van der Waals surface area contributed by atoms with Crippen LogP contribution < -0.4 is 5.32 Å². The molecule has 0 unspecified atom stereocenters. The number of imidazole rings is 1. The molecule has 0 fully saturated rings. The Morgan fingerprint density at radius 3 is 2.37 bits per heavy atom. The molecular weight excluding hydrogens is 234 g/mol. The molecule has 0 aliphatic heterocycles. The van der Waals surface area contributed by atoms with Crippen molar-refractivity contribution in [3.05, 3.63) is 11.9 Å². The van der Waals surface area contributed by atoms with Gasteiger partial charge in [-0.2, -0.15) is 0 Å². The Kier molecular flexibility index (Phi) is 5.05. The van der Waals surface area contributed by atoms with Gasteiger partial charge in [0.2, 0.25) is 5.95 Å². The van der Waals surface area contributed by atoms with Gasteiger partial charge in [-0.3, -0.25) is 0 Å². The molecule has 0 aliphatic rings. The van der Waals surface area contributed by atoms with Crippen molar-refractivity contribution in [1.82, 2.24) is 9.55 Å². The molecule has 110 valence electrons. The number of hydrogen-bond donors (Lipinski definition) is 1. The van der Waals surface area contributed by atoms with Crippen molar-refractivity contribution in [3.63, 3.8) is 0 Å². The molecule has 0 spiro atoms. The molecule has 0 saturated carbocycles. The molecule has 1 heterocycles. The molecule has 0 amide bonds. The molecule has 0 saturated heterocycles. The Hall–Kier alpha value is -0.990. The minimum atomic E-state index is 0.0556. The van der Waals surface area contributed by atoms with Gasteiger partial charge in [0.1, 0.15) is 0 Å². The third kappa shape index (κ3) is 5.66. The maximum absolute atomic E-state index is 4.63. The average Bonchev–Trinajstić information content (AvgIpc) is 2.50. The third-order valence-corrected chi connectivity index (χ3v) is 3.07. The molecule has 3 heteroatoms. The Morgan fingerprint density at radius 2 is 1.84 bits per heavy atom. The summed E-state index contributed by atoms with van der Waals surface area (Å²) < 4.78 is 2.25. The summed E-state index contributed by atoms with van der Waals surface area (Å²) in [7, 11) is 0. The summed E-state index contributed by atoms with van der Waals surface area (Å²) in [5, 5.41) is 3.62. The molecule has 0 radical (unpaired) electrons. The first kappa shape index (κ1) is 16.1. The molecule has 0 aromatic carbocycles. The first-order valence-electron chi connectivity index (χ1n) is 7.45. The van der Waals surface area contributed by atoms with Gasteiger partial charge in [-0.15, -0.1) is 0 Å². The normalized spacial score (nSPS) is 12.8. The molecule has 1 aromatic rings. The molecule has 0 aliphatic carbocycles. The number of aryl methyl sites for hydroxylation is 2. The second-order valence-electron chi connectivity index (χ2n) is 7.50. The minimum Gasteiger partial charge on any atom is -0.351 e. The van der Waals surface area contributed by atoms with Gasteiger partial charge in [0.05, 0.1) is 5.69 Å². The molecule has 1 N–H and O–H groups in total. The van der Waals surface area contributed by atoms with E-state index in [0.717, 1.165) is 24.6 Å². The maximum atomic E-state index is 4.63. The lowest BCUT2D eigenvalue weighted by molar-refractivity contribution is 0.301. The van der Waals surface area contributed by atoms with Crippen molar-refractivity contribution in [1.29, 1.82) is 0 Å². The maximum Gasteiger partial charge on any atom is 0.203 e. The third-order valence-electron chi connectivity index (χ3n) is 3.07. The SMILES string of the molecule is CCCCn1cc(C)nc1NC(C)(C)CC(C)(C)C. The average molecular weight is 265 g/mol. The lowest BCUT2D eigenvalue weighted by Crippen LogP contribution is -2.36. The highest BCUT2D eigenvalue weighted by molar-refractivity contribution is 5.32. The molecule has 0 bridgehead atoms. The van der Waals surface area contributed by atoms with E-state index in [9.17, 15) is 0 Å². The number of nitrogens with zero attached hydrogens (tertiary/aromatic N) is 2. The Balaban J connectivity index is 2.80. The van der Waals surface area contributed by atoms with Crippen LogP contribution >= 0.6 is 0 Å². The predicted octanol–water partition coefficient (Wildman–Crippen LogP) is 4.62. The standard InChI is InChI=1S/C16H31N3/c1-8-9-10-19-11-13(2)17-14(19)18-16(6,7)12-15(3,4)5/h11H,8-10,12H2,1-7H3,(H,17,18). The summed E-state index contributed by atoms with van der Waals surface area (Å²) in [6.07, 6.45) is 5.66. The van der Waals surface area contributed by atoms with Crippen LogP contribution in [0.15, 0.2) is 6.20 Å². The van der Waals surface area contributed by atoms with E-state index in [2.05, 4.69) is 69.5 Å². The van der Waals surface area contributed by atoms with E-state index in [1.165, 1.54) is 12.8 Å². The van der Waals surface area contributed by atoms with Crippen molar-refractivity contribution in [2.45, 2.75) is 79.8 Å². The van der Waals surface area contributed by atoms with Gasteiger partial charge >= 0.3 is 0 Å². The first-order chi connectivity index (χ1) is 8.63. The van der Waals surface area contributed by atoms with Gasteiger partial charge in [0.15, 0.2) is 0 Å². The second-order valence-corrected chi connectivity index (χ2v) is 7.50. The molecule has 0 atom stereocenters. The summed E-state index contributed by atoms with van der Waals surface area (Å²) in [6, 6.07) is 0. The zero-order valence-corrected chi connectivity index (χ0v) is 13.8. The quantitative estimate of drug-likeness (QED) is 0.813. The highest BCUT2D eigenvalue weighted by atomic mass is 15.2. The van der Waals surface area contributed by atoms with Crippen molar-refractivity contribution >= 4 is 5.95 Å². The van der Waals surface area contributed by atoms with E-state index in [1.807, 2.05) is 0 Å². The van der Waals surface area contributed by atoms with Crippen molar-refractivity contribution < 1.29 is 0 Å². The van der Waals surface area contributed by atoms with Gasteiger partial charge < -0.3 is 9.88 Å². The van der Waals surface area contributed by atoms with Crippen molar-refractivity contribution in [2.24, 2.45) is 5.41 Å². The van der Waals surface area contributed by atoms with Gasteiger partial charge in [0.25, 0.3) is 0 Å². The number of nitrogens with one attached hydrogen (secondary N) is 1. The number of unbranched alkanes of at least 4 members (excludes halogenated alkanes) is 1. The second kappa shape index (κ2) is 5.98. The molecular formula is C16H31N3. The summed E-state index contributed by atoms with van der Waals surface area (Å²) in [5.41, 5.74) is 1.46. The molecule has 1 rings (SSSR count). The fourth-order valence-electron chi connectivity index (χ4n) is 2.82. The largest absolute Gasteiger partial charge is 0.351 e. The van der Waals surface area contributed by atoms with Crippen molar-refractivity contribution in [2.75, 3.05) is 5.32 Å². The van der Waals surface area contributed by atoms with Crippen LogP contribution in [0.2, 0.25) is 0 Å². The Bertz CT molecular complexity index is 397. The zero-order valence-electron chi connectivity index (χ0n) is 13.8. The summed E-state index contributed by atoms with van der Waals surface area (Å²) in [6.45, 7) is 16.7. The van der Waals surface area contributed by atoms with Gasteiger partial charge in [-0.05, 0) is 39.0 Å². The minimum absolute atomic E-state index is 0.0556. The number of aromatic nitrogens is 2. The number of hydrogen-bond acceptors (Lipinski definition) is 2. The van der Waals surface area contributed by atoms with Crippen LogP contribution in [0.1, 0.15) is 66.5 Å². The summed E-state index contributed by atoms with van der Waals surface area (Å²) >= 11 is 0. The van der Waals surface area contributed by atoms with Gasteiger partial charge in [-0.1, -0.05) is 34.1 Å². The molecule has 1 aromatic heterocycles. The zero-order chi connectivity index (χ0) is 14.7. The van der Waals surface area contributed by atoms with E-state index < -0.39 is 0 Å². The predicted molar refractivity (Wildman–Crippen MR) is 83.6 cm³/mol. The van der Waals surface area contributed by atoms with Crippen molar-refractivity contribution in [3.8, 4) is 0 Å². The van der Waals surface area contributed by atoms with Crippen LogP contribution in [0.4, 0.5) is 5.95 Å².